The second-order valence-corrected chi connectivity index (χ2v) is 8.85. The van der Waals surface area contributed by atoms with Gasteiger partial charge in [-0.15, -0.1) is 13.2 Å². The Kier molecular flexibility index (Phi) is 7.23. The number of hydrogen-bond donors (Lipinski definition) is 1. The Labute approximate surface area is 221 Å². The Bertz CT molecular complexity index is 1590. The lowest BCUT2D eigenvalue weighted by atomic mass is 10.1. The van der Waals surface area contributed by atoms with E-state index >= 15 is 0 Å². The summed E-state index contributed by atoms with van der Waals surface area (Å²) in [5, 5.41) is 8.95. The van der Waals surface area contributed by atoms with Gasteiger partial charge in [0.2, 0.25) is 0 Å². The molecule has 4 aromatic carbocycles. The summed E-state index contributed by atoms with van der Waals surface area (Å²) in [6.07, 6.45) is -4.82. The van der Waals surface area contributed by atoms with Gasteiger partial charge < -0.3 is 19.1 Å². The first-order valence-corrected chi connectivity index (χ1v) is 12.1. The van der Waals surface area contributed by atoms with E-state index in [1.165, 1.54) is 12.1 Å². The largest absolute Gasteiger partial charge is 0.573 e. The van der Waals surface area contributed by atoms with Gasteiger partial charge in [-0.25, -0.2) is 4.98 Å². The molecule has 6 nitrogen and oxygen atoms in total. The molecule has 0 spiro atoms. The molecular formula is C30H23F3N2O4. The molecule has 0 aliphatic carbocycles. The summed E-state index contributed by atoms with van der Waals surface area (Å²) in [7, 11) is 0. The Hall–Kier alpha value is -4.79. The molecule has 0 aliphatic rings. The summed E-state index contributed by atoms with van der Waals surface area (Å²) in [4.78, 5) is 15.7. The molecule has 0 unspecified atom stereocenters. The molecule has 0 radical (unpaired) electrons. The minimum absolute atomic E-state index is 0.0532. The van der Waals surface area contributed by atoms with Crippen LogP contribution in [0.3, 0.4) is 0 Å². The van der Waals surface area contributed by atoms with E-state index in [2.05, 4.69) is 4.74 Å². The number of alkyl halides is 3. The number of rotatable bonds is 9. The highest BCUT2D eigenvalue weighted by Gasteiger charge is 2.31. The van der Waals surface area contributed by atoms with E-state index < -0.39 is 12.3 Å². The molecule has 0 atom stereocenters. The highest BCUT2D eigenvalue weighted by Crippen LogP contribution is 2.30. The fourth-order valence-corrected chi connectivity index (χ4v) is 4.32. The highest BCUT2D eigenvalue weighted by atomic mass is 19.4. The minimum atomic E-state index is -4.76. The number of aliphatic carboxylic acids is 1. The van der Waals surface area contributed by atoms with Gasteiger partial charge in [0.05, 0.1) is 24.0 Å². The van der Waals surface area contributed by atoms with Gasteiger partial charge in [0, 0.05) is 5.56 Å². The van der Waals surface area contributed by atoms with Crippen molar-refractivity contribution in [3.05, 3.63) is 114 Å². The Balaban J connectivity index is 1.41. The third-order valence-electron chi connectivity index (χ3n) is 6.12. The Morgan fingerprint density at radius 2 is 1.46 bits per heavy atom. The number of halogens is 3. The Morgan fingerprint density at radius 3 is 2.15 bits per heavy atom. The number of imidazole rings is 1. The summed E-state index contributed by atoms with van der Waals surface area (Å²) < 4.78 is 49.9. The topological polar surface area (TPSA) is 73.6 Å². The second-order valence-electron chi connectivity index (χ2n) is 8.85. The molecule has 9 heteroatoms. The maximum absolute atomic E-state index is 12.6. The van der Waals surface area contributed by atoms with E-state index in [4.69, 9.17) is 14.8 Å². The van der Waals surface area contributed by atoms with Crippen LogP contribution in [-0.2, 0) is 24.4 Å². The van der Waals surface area contributed by atoms with E-state index in [-0.39, 0.29) is 12.2 Å². The smallest absolute Gasteiger partial charge is 0.489 e. The first-order chi connectivity index (χ1) is 18.7. The van der Waals surface area contributed by atoms with Crippen LogP contribution in [-0.4, -0.2) is 27.0 Å². The van der Waals surface area contributed by atoms with E-state index in [0.717, 1.165) is 22.2 Å². The van der Waals surface area contributed by atoms with Crippen LogP contribution in [0.5, 0.6) is 11.5 Å². The third-order valence-corrected chi connectivity index (χ3v) is 6.12. The number of ether oxygens (including phenoxy) is 2. The first kappa shape index (κ1) is 25.8. The summed E-state index contributed by atoms with van der Waals surface area (Å²) in [6, 6.07) is 28.0. The van der Waals surface area contributed by atoms with Gasteiger partial charge in [-0.05, 0) is 65.2 Å². The molecule has 0 aliphatic heterocycles. The molecule has 198 valence electrons. The first-order valence-electron chi connectivity index (χ1n) is 12.1. The number of carboxylic acid groups (broad SMARTS) is 1. The van der Waals surface area contributed by atoms with Crippen molar-refractivity contribution in [3.63, 3.8) is 0 Å². The predicted octanol–water partition coefficient (Wildman–Crippen LogP) is 6.86. The average molecular weight is 533 g/mol. The number of fused-ring (bicyclic) bond motifs is 1. The van der Waals surface area contributed by atoms with E-state index in [1.807, 2.05) is 53.1 Å². The van der Waals surface area contributed by atoms with Gasteiger partial charge in [0.25, 0.3) is 0 Å². The molecule has 0 amide bonds. The molecule has 1 N–H and O–H groups in total. The summed E-state index contributed by atoms with van der Waals surface area (Å²) in [5.41, 5.74) is 4.92. The lowest BCUT2D eigenvalue weighted by Crippen LogP contribution is -2.17. The quantitative estimate of drug-likeness (QED) is 0.225. The molecule has 5 aromatic rings. The molecule has 1 heterocycles. The van der Waals surface area contributed by atoms with Crippen molar-refractivity contribution in [2.45, 2.75) is 25.9 Å². The molecule has 0 saturated carbocycles. The van der Waals surface area contributed by atoms with Crippen molar-refractivity contribution in [3.8, 4) is 22.9 Å². The van der Waals surface area contributed by atoms with Crippen molar-refractivity contribution >= 4 is 17.0 Å². The van der Waals surface area contributed by atoms with Crippen LogP contribution >= 0.6 is 0 Å². The van der Waals surface area contributed by atoms with Gasteiger partial charge in [-0.1, -0.05) is 48.5 Å². The molecule has 0 fully saturated rings. The average Bonchev–Trinajstić information content (AvgIpc) is 3.26. The van der Waals surface area contributed by atoms with Crippen LogP contribution in [0, 0.1) is 0 Å². The van der Waals surface area contributed by atoms with Crippen LogP contribution < -0.4 is 9.47 Å². The van der Waals surface area contributed by atoms with E-state index in [0.29, 0.717) is 35.9 Å². The van der Waals surface area contributed by atoms with Crippen molar-refractivity contribution in [1.82, 2.24) is 9.55 Å². The SMILES string of the molecule is O=C(O)Cc1ccc(OCc2ccccc2Cn2c(-c3ccc(OC(F)(F)F)cc3)nc3ccccc32)cc1. The van der Waals surface area contributed by atoms with Crippen LogP contribution in [0.2, 0.25) is 0 Å². The maximum Gasteiger partial charge on any atom is 0.573 e. The van der Waals surface area contributed by atoms with Crippen LogP contribution in [0.4, 0.5) is 13.2 Å². The zero-order valence-corrected chi connectivity index (χ0v) is 20.6. The standard InChI is InChI=1S/C30H23F3N2O4/c31-30(32,33)39-25-15-11-21(12-16-25)29-34-26-7-3-4-8-27(26)35(29)18-22-5-1-2-6-23(22)19-38-24-13-9-20(10-14-24)17-28(36)37/h1-16H,17-19H2,(H,36,37). The number of nitrogens with zero attached hydrogens (tertiary/aromatic N) is 2. The molecule has 0 saturated heterocycles. The van der Waals surface area contributed by atoms with E-state index in [1.54, 1.807) is 36.4 Å². The predicted molar refractivity (Wildman–Crippen MR) is 140 cm³/mol. The number of carboxylic acids is 1. The van der Waals surface area contributed by atoms with Crippen LogP contribution in [0.15, 0.2) is 97.1 Å². The number of carbonyl (C=O) groups is 1. The molecular weight excluding hydrogens is 509 g/mol. The lowest BCUT2D eigenvalue weighted by molar-refractivity contribution is -0.274. The van der Waals surface area contributed by atoms with Gasteiger partial charge in [-0.3, -0.25) is 4.79 Å². The zero-order chi connectivity index (χ0) is 27.4. The minimum Gasteiger partial charge on any atom is -0.489 e. The summed E-state index contributed by atoms with van der Waals surface area (Å²) >= 11 is 0. The Morgan fingerprint density at radius 1 is 0.821 bits per heavy atom. The highest BCUT2D eigenvalue weighted by molar-refractivity contribution is 5.81. The van der Waals surface area contributed by atoms with Gasteiger partial charge in [0.15, 0.2) is 0 Å². The number of hydrogen-bond acceptors (Lipinski definition) is 4. The summed E-state index contributed by atoms with van der Waals surface area (Å²) in [5.74, 6) is 0.0374. The molecule has 39 heavy (non-hydrogen) atoms. The van der Waals surface area contributed by atoms with Gasteiger partial charge >= 0.3 is 12.3 Å². The lowest BCUT2D eigenvalue weighted by Gasteiger charge is -2.15. The second kappa shape index (κ2) is 10.9. The number of benzene rings is 4. The summed E-state index contributed by atoms with van der Waals surface area (Å²) in [6.45, 7) is 0.744. The molecule has 1 aromatic heterocycles. The third kappa shape index (κ3) is 6.38. The monoisotopic (exact) mass is 532 g/mol. The fourth-order valence-electron chi connectivity index (χ4n) is 4.32. The molecule has 0 bridgehead atoms. The van der Waals surface area contributed by atoms with Crippen molar-refractivity contribution in [1.29, 1.82) is 0 Å². The van der Waals surface area contributed by atoms with Gasteiger partial charge in [-0.2, -0.15) is 0 Å². The number of aromatic nitrogens is 2. The number of para-hydroxylation sites is 2. The zero-order valence-electron chi connectivity index (χ0n) is 20.6. The normalized spacial score (nSPS) is 11.5. The van der Waals surface area contributed by atoms with Crippen molar-refractivity contribution in [2.24, 2.45) is 0 Å². The fraction of sp³-hybridized carbons (Fsp3) is 0.133. The molecule has 5 rings (SSSR count). The van der Waals surface area contributed by atoms with Gasteiger partial charge in [0.1, 0.15) is 23.9 Å². The van der Waals surface area contributed by atoms with Crippen LogP contribution in [0.25, 0.3) is 22.4 Å². The van der Waals surface area contributed by atoms with E-state index in [9.17, 15) is 18.0 Å². The van der Waals surface area contributed by atoms with Crippen molar-refractivity contribution in [2.75, 3.05) is 0 Å². The van der Waals surface area contributed by atoms with Crippen molar-refractivity contribution < 1.29 is 32.5 Å². The maximum atomic E-state index is 12.6. The van der Waals surface area contributed by atoms with Crippen LogP contribution in [0.1, 0.15) is 16.7 Å².